The van der Waals surface area contributed by atoms with E-state index in [-0.39, 0.29) is 0 Å². The van der Waals surface area contributed by atoms with Gasteiger partial charge >= 0.3 is 0 Å². The predicted molar refractivity (Wildman–Crippen MR) is 96.9 cm³/mol. The zero-order chi connectivity index (χ0) is 16.2. The molecule has 0 spiro atoms. The SMILES string of the molecule is C(=N\OCc1ccccc1)/c1ccc(C2CC3CCN2CC3)cc1. The number of piperidine rings is 3. The van der Waals surface area contributed by atoms with Gasteiger partial charge in [-0.05, 0) is 55.0 Å². The normalized spacial score (nSPS) is 25.9. The molecule has 124 valence electrons. The highest BCUT2D eigenvalue weighted by Gasteiger charge is 2.33. The third-order valence-electron chi connectivity index (χ3n) is 5.32. The second-order valence-corrected chi connectivity index (χ2v) is 6.89. The summed E-state index contributed by atoms with van der Waals surface area (Å²) < 4.78 is 0. The number of rotatable bonds is 5. The third kappa shape index (κ3) is 3.51. The average molecular weight is 320 g/mol. The summed E-state index contributed by atoms with van der Waals surface area (Å²) in [7, 11) is 0. The quantitative estimate of drug-likeness (QED) is 0.603. The van der Waals surface area contributed by atoms with Crippen LogP contribution in [0.2, 0.25) is 0 Å². The van der Waals surface area contributed by atoms with Gasteiger partial charge in [0.05, 0.1) is 6.21 Å². The summed E-state index contributed by atoms with van der Waals surface area (Å²) >= 11 is 0. The van der Waals surface area contributed by atoms with Gasteiger partial charge < -0.3 is 4.84 Å². The first kappa shape index (κ1) is 15.4. The zero-order valence-corrected chi connectivity index (χ0v) is 14.0. The molecule has 0 aromatic heterocycles. The van der Waals surface area contributed by atoms with Gasteiger partial charge in [-0.15, -0.1) is 0 Å². The lowest BCUT2D eigenvalue weighted by Gasteiger charge is -2.45. The molecule has 3 fully saturated rings. The van der Waals surface area contributed by atoms with Crippen LogP contribution in [0, 0.1) is 5.92 Å². The van der Waals surface area contributed by atoms with Gasteiger partial charge in [-0.1, -0.05) is 59.8 Å². The van der Waals surface area contributed by atoms with E-state index in [2.05, 4.69) is 34.3 Å². The molecule has 2 aromatic rings. The molecule has 3 heterocycles. The van der Waals surface area contributed by atoms with Crippen molar-refractivity contribution < 1.29 is 4.84 Å². The number of hydrogen-bond donors (Lipinski definition) is 0. The standard InChI is InChI=1S/C21H24N2O/c1-2-4-19(5-3-1)16-24-22-15-18-6-8-20(9-7-18)21-14-17-10-12-23(21)13-11-17/h1-9,15,17,21H,10-14,16H2/b22-15+. The van der Waals surface area contributed by atoms with E-state index >= 15 is 0 Å². The fourth-order valence-corrected chi connectivity index (χ4v) is 3.90. The molecule has 2 bridgehead atoms. The molecule has 3 nitrogen and oxygen atoms in total. The summed E-state index contributed by atoms with van der Waals surface area (Å²) in [6.45, 7) is 3.05. The molecule has 1 unspecified atom stereocenters. The van der Waals surface area contributed by atoms with Crippen LogP contribution in [0.1, 0.15) is 42.0 Å². The summed E-state index contributed by atoms with van der Waals surface area (Å²) in [6, 6.07) is 19.5. The Kier molecular flexibility index (Phi) is 4.61. The maximum absolute atomic E-state index is 5.37. The van der Waals surface area contributed by atoms with Crippen LogP contribution in [0.15, 0.2) is 59.8 Å². The summed E-state index contributed by atoms with van der Waals surface area (Å²) in [5, 5.41) is 4.08. The van der Waals surface area contributed by atoms with E-state index < -0.39 is 0 Å². The summed E-state index contributed by atoms with van der Waals surface area (Å²) in [4.78, 5) is 8.02. The first-order valence-corrected chi connectivity index (χ1v) is 8.92. The van der Waals surface area contributed by atoms with Gasteiger partial charge in [0.1, 0.15) is 6.61 Å². The van der Waals surface area contributed by atoms with E-state index in [9.17, 15) is 0 Å². The van der Waals surface area contributed by atoms with Crippen LogP contribution < -0.4 is 0 Å². The van der Waals surface area contributed by atoms with Gasteiger partial charge in [-0.3, -0.25) is 4.90 Å². The third-order valence-corrected chi connectivity index (χ3v) is 5.32. The molecular formula is C21H24N2O. The molecule has 3 aliphatic heterocycles. The minimum absolute atomic E-state index is 0.508. The molecule has 1 atom stereocenters. The number of fused-ring (bicyclic) bond motifs is 3. The smallest absolute Gasteiger partial charge is 0.142 e. The van der Waals surface area contributed by atoms with Crippen molar-refractivity contribution >= 4 is 6.21 Å². The Hall–Kier alpha value is -2.13. The Morgan fingerprint density at radius 2 is 1.75 bits per heavy atom. The first-order valence-electron chi connectivity index (χ1n) is 8.92. The summed E-state index contributed by atoms with van der Waals surface area (Å²) in [5.41, 5.74) is 3.66. The van der Waals surface area contributed by atoms with E-state index in [0.717, 1.165) is 17.0 Å². The second kappa shape index (κ2) is 7.18. The van der Waals surface area contributed by atoms with E-state index in [1.807, 2.05) is 30.3 Å². The van der Waals surface area contributed by atoms with E-state index in [1.165, 1.54) is 37.9 Å². The van der Waals surface area contributed by atoms with Crippen molar-refractivity contribution in [3.8, 4) is 0 Å². The van der Waals surface area contributed by atoms with Crippen molar-refractivity contribution in [2.24, 2.45) is 11.1 Å². The van der Waals surface area contributed by atoms with Gasteiger partial charge in [0.2, 0.25) is 0 Å². The molecule has 0 saturated carbocycles. The lowest BCUT2D eigenvalue weighted by atomic mass is 9.81. The Labute approximate surface area is 143 Å². The molecule has 3 saturated heterocycles. The second-order valence-electron chi connectivity index (χ2n) is 6.89. The molecule has 0 N–H and O–H groups in total. The van der Waals surface area contributed by atoms with Crippen molar-refractivity contribution in [3.63, 3.8) is 0 Å². The highest BCUT2D eigenvalue weighted by molar-refractivity contribution is 5.79. The van der Waals surface area contributed by atoms with Crippen molar-refractivity contribution in [1.29, 1.82) is 0 Å². The largest absolute Gasteiger partial charge is 0.391 e. The van der Waals surface area contributed by atoms with Crippen LogP contribution in [0.25, 0.3) is 0 Å². The van der Waals surface area contributed by atoms with Crippen LogP contribution >= 0.6 is 0 Å². The Bertz CT molecular complexity index is 673. The van der Waals surface area contributed by atoms with Gasteiger partial charge in [0, 0.05) is 6.04 Å². The number of oxime groups is 1. The lowest BCUT2D eigenvalue weighted by Crippen LogP contribution is -2.43. The lowest BCUT2D eigenvalue weighted by molar-refractivity contribution is 0.0490. The van der Waals surface area contributed by atoms with E-state index in [0.29, 0.717) is 12.6 Å². The van der Waals surface area contributed by atoms with Gasteiger partial charge in [-0.25, -0.2) is 0 Å². The first-order chi connectivity index (χ1) is 11.9. The Morgan fingerprint density at radius 3 is 2.42 bits per heavy atom. The predicted octanol–water partition coefficient (Wildman–Crippen LogP) is 4.39. The van der Waals surface area contributed by atoms with Crippen LogP contribution in [0.5, 0.6) is 0 Å². The van der Waals surface area contributed by atoms with Crippen LogP contribution in [-0.2, 0) is 11.4 Å². The van der Waals surface area contributed by atoms with Gasteiger partial charge in [0.15, 0.2) is 0 Å². The highest BCUT2D eigenvalue weighted by Crippen LogP contribution is 2.40. The van der Waals surface area contributed by atoms with Crippen LogP contribution in [0.4, 0.5) is 0 Å². The van der Waals surface area contributed by atoms with Crippen LogP contribution in [-0.4, -0.2) is 24.2 Å². The summed E-state index contributed by atoms with van der Waals surface area (Å²) in [6.07, 6.45) is 5.90. The number of nitrogens with zero attached hydrogens (tertiary/aromatic N) is 2. The maximum atomic E-state index is 5.37. The molecule has 0 amide bonds. The molecule has 0 radical (unpaired) electrons. The fraction of sp³-hybridized carbons (Fsp3) is 0.381. The molecule has 3 aliphatic rings. The van der Waals surface area contributed by atoms with Gasteiger partial charge in [0.25, 0.3) is 0 Å². The Morgan fingerprint density at radius 1 is 1.00 bits per heavy atom. The van der Waals surface area contributed by atoms with Crippen molar-refractivity contribution in [1.82, 2.24) is 4.90 Å². The number of hydrogen-bond acceptors (Lipinski definition) is 3. The molecule has 3 heteroatoms. The minimum atomic E-state index is 0.508. The van der Waals surface area contributed by atoms with Gasteiger partial charge in [-0.2, -0.15) is 0 Å². The molecular weight excluding hydrogens is 296 g/mol. The monoisotopic (exact) mass is 320 g/mol. The van der Waals surface area contributed by atoms with E-state index in [4.69, 9.17) is 4.84 Å². The zero-order valence-electron chi connectivity index (χ0n) is 14.0. The number of benzene rings is 2. The van der Waals surface area contributed by atoms with Crippen molar-refractivity contribution in [2.45, 2.75) is 31.9 Å². The molecule has 5 rings (SSSR count). The minimum Gasteiger partial charge on any atom is -0.391 e. The van der Waals surface area contributed by atoms with Crippen LogP contribution in [0.3, 0.4) is 0 Å². The summed E-state index contributed by atoms with van der Waals surface area (Å²) in [5.74, 6) is 0.938. The Balaban J connectivity index is 1.33. The fourth-order valence-electron chi connectivity index (χ4n) is 3.90. The molecule has 24 heavy (non-hydrogen) atoms. The maximum Gasteiger partial charge on any atom is 0.142 e. The van der Waals surface area contributed by atoms with E-state index in [1.54, 1.807) is 6.21 Å². The molecule has 2 aromatic carbocycles. The molecule has 0 aliphatic carbocycles. The average Bonchev–Trinajstić information content (AvgIpc) is 2.67. The van der Waals surface area contributed by atoms with Crippen molar-refractivity contribution in [2.75, 3.05) is 13.1 Å². The van der Waals surface area contributed by atoms with Crippen molar-refractivity contribution in [3.05, 3.63) is 71.3 Å². The topological polar surface area (TPSA) is 24.8 Å². The highest BCUT2D eigenvalue weighted by atomic mass is 16.6.